The summed E-state index contributed by atoms with van der Waals surface area (Å²) in [6, 6.07) is 9.21. The zero-order chi connectivity index (χ0) is 13.0. The number of hydrogen-bond donors (Lipinski definition) is 2. The standard InChI is InChI=1S/C13H15NO4/c15-11(8-10-4-2-1-3-5-10)14-13(12(16)17)6-7-18-9-13/h1-5H,6-9H2,(H,14,15)(H,16,17). The maximum atomic E-state index is 11.8. The molecule has 0 radical (unpaired) electrons. The Hall–Kier alpha value is -1.88. The van der Waals surface area contributed by atoms with E-state index < -0.39 is 11.5 Å². The lowest BCUT2D eigenvalue weighted by molar-refractivity contribution is -0.147. The number of nitrogens with one attached hydrogen (secondary N) is 1. The van der Waals surface area contributed by atoms with Crippen LogP contribution >= 0.6 is 0 Å². The van der Waals surface area contributed by atoms with Crippen LogP contribution in [-0.2, 0) is 20.7 Å². The smallest absolute Gasteiger partial charge is 0.331 e. The summed E-state index contributed by atoms with van der Waals surface area (Å²) in [5.41, 5.74) is -0.402. The maximum absolute atomic E-state index is 11.8. The van der Waals surface area contributed by atoms with Crippen LogP contribution in [0.4, 0.5) is 0 Å². The highest BCUT2D eigenvalue weighted by atomic mass is 16.5. The third-order valence-electron chi connectivity index (χ3n) is 3.02. The van der Waals surface area contributed by atoms with Crippen LogP contribution in [0, 0.1) is 0 Å². The van der Waals surface area contributed by atoms with Gasteiger partial charge in [-0.25, -0.2) is 4.79 Å². The van der Waals surface area contributed by atoms with Crippen molar-refractivity contribution in [2.45, 2.75) is 18.4 Å². The van der Waals surface area contributed by atoms with Gasteiger partial charge in [-0.1, -0.05) is 30.3 Å². The predicted molar refractivity (Wildman–Crippen MR) is 64.1 cm³/mol. The quantitative estimate of drug-likeness (QED) is 0.819. The number of benzene rings is 1. The topological polar surface area (TPSA) is 75.6 Å². The Balaban J connectivity index is 2.00. The molecule has 1 atom stereocenters. The highest BCUT2D eigenvalue weighted by Crippen LogP contribution is 2.19. The molecule has 0 bridgehead atoms. The second-order valence-corrected chi connectivity index (χ2v) is 4.40. The van der Waals surface area contributed by atoms with Gasteiger partial charge in [-0.2, -0.15) is 0 Å². The molecule has 5 nitrogen and oxygen atoms in total. The van der Waals surface area contributed by atoms with Crippen molar-refractivity contribution in [1.29, 1.82) is 0 Å². The Bertz CT molecular complexity index is 438. The minimum Gasteiger partial charge on any atom is -0.479 e. The second kappa shape index (κ2) is 5.18. The van der Waals surface area contributed by atoms with E-state index in [1.807, 2.05) is 30.3 Å². The zero-order valence-electron chi connectivity index (χ0n) is 9.89. The molecule has 96 valence electrons. The van der Waals surface area contributed by atoms with Gasteiger partial charge in [0.15, 0.2) is 5.54 Å². The minimum absolute atomic E-state index is 0.0306. The first-order valence-electron chi connectivity index (χ1n) is 5.78. The fourth-order valence-corrected chi connectivity index (χ4v) is 1.98. The van der Waals surface area contributed by atoms with Crippen LogP contribution in [0.15, 0.2) is 30.3 Å². The Labute approximate surface area is 105 Å². The SMILES string of the molecule is O=C(Cc1ccccc1)NC1(C(=O)O)CCOC1. The number of aliphatic carboxylic acids is 1. The summed E-state index contributed by atoms with van der Waals surface area (Å²) < 4.78 is 5.08. The molecular formula is C13H15NO4. The average molecular weight is 249 g/mol. The van der Waals surface area contributed by atoms with Crippen molar-refractivity contribution in [2.24, 2.45) is 0 Å². The molecule has 1 fully saturated rings. The van der Waals surface area contributed by atoms with Gasteiger partial charge in [-0.15, -0.1) is 0 Å². The molecule has 0 aliphatic carbocycles. The summed E-state index contributed by atoms with van der Waals surface area (Å²) >= 11 is 0. The minimum atomic E-state index is -1.26. The number of carbonyl (C=O) groups is 2. The zero-order valence-corrected chi connectivity index (χ0v) is 9.89. The third-order valence-corrected chi connectivity index (χ3v) is 3.02. The van der Waals surface area contributed by atoms with Gasteiger partial charge in [-0.3, -0.25) is 4.79 Å². The van der Waals surface area contributed by atoms with Crippen LogP contribution in [0.1, 0.15) is 12.0 Å². The number of rotatable bonds is 4. The Kier molecular flexibility index (Phi) is 3.62. The first kappa shape index (κ1) is 12.6. The van der Waals surface area contributed by atoms with Crippen LogP contribution in [-0.4, -0.2) is 35.7 Å². The van der Waals surface area contributed by atoms with E-state index in [-0.39, 0.29) is 18.9 Å². The summed E-state index contributed by atoms with van der Waals surface area (Å²) in [6.07, 6.45) is 0.485. The Morgan fingerprint density at radius 1 is 1.33 bits per heavy atom. The fourth-order valence-electron chi connectivity index (χ4n) is 1.98. The molecule has 1 aromatic rings. The molecule has 0 aromatic heterocycles. The summed E-state index contributed by atoms with van der Waals surface area (Å²) in [5, 5.41) is 11.8. The van der Waals surface area contributed by atoms with Crippen molar-refractivity contribution in [3.05, 3.63) is 35.9 Å². The van der Waals surface area contributed by atoms with Crippen molar-refractivity contribution in [3.8, 4) is 0 Å². The largest absolute Gasteiger partial charge is 0.479 e. The Morgan fingerprint density at radius 3 is 2.61 bits per heavy atom. The van der Waals surface area contributed by atoms with Crippen LogP contribution in [0.3, 0.4) is 0 Å². The van der Waals surface area contributed by atoms with Crippen LogP contribution < -0.4 is 5.32 Å². The molecule has 1 aliphatic heterocycles. The molecule has 1 unspecified atom stereocenters. The van der Waals surface area contributed by atoms with Crippen molar-refractivity contribution < 1.29 is 19.4 Å². The molecule has 1 aliphatic rings. The number of carboxylic acid groups (broad SMARTS) is 1. The van der Waals surface area contributed by atoms with E-state index in [1.165, 1.54) is 0 Å². The molecule has 0 spiro atoms. The molecule has 18 heavy (non-hydrogen) atoms. The molecular weight excluding hydrogens is 234 g/mol. The van der Waals surface area contributed by atoms with Gasteiger partial charge in [0.05, 0.1) is 13.0 Å². The second-order valence-electron chi connectivity index (χ2n) is 4.40. The number of carboxylic acids is 1. The number of ether oxygens (including phenoxy) is 1. The summed E-state index contributed by atoms with van der Waals surface area (Å²) in [7, 11) is 0. The first-order valence-corrected chi connectivity index (χ1v) is 5.78. The van der Waals surface area contributed by atoms with Gasteiger partial charge >= 0.3 is 5.97 Å². The van der Waals surface area contributed by atoms with E-state index in [0.29, 0.717) is 13.0 Å². The lowest BCUT2D eigenvalue weighted by Crippen LogP contribution is -2.55. The van der Waals surface area contributed by atoms with Gasteiger partial charge < -0.3 is 15.2 Å². The van der Waals surface area contributed by atoms with E-state index in [4.69, 9.17) is 4.74 Å². The van der Waals surface area contributed by atoms with E-state index >= 15 is 0 Å². The van der Waals surface area contributed by atoms with Crippen molar-refractivity contribution in [2.75, 3.05) is 13.2 Å². The number of carbonyl (C=O) groups excluding carboxylic acids is 1. The van der Waals surface area contributed by atoms with E-state index in [0.717, 1.165) is 5.56 Å². The molecule has 1 amide bonds. The number of hydrogen-bond acceptors (Lipinski definition) is 3. The van der Waals surface area contributed by atoms with Gasteiger partial charge in [0.2, 0.25) is 5.91 Å². The maximum Gasteiger partial charge on any atom is 0.331 e. The average Bonchev–Trinajstić information content (AvgIpc) is 2.80. The van der Waals surface area contributed by atoms with Crippen molar-refractivity contribution >= 4 is 11.9 Å². The molecule has 0 saturated carbocycles. The van der Waals surface area contributed by atoms with Crippen LogP contribution in [0.2, 0.25) is 0 Å². The summed E-state index contributed by atoms with van der Waals surface area (Å²) in [4.78, 5) is 23.1. The molecule has 1 aromatic carbocycles. The third kappa shape index (κ3) is 2.68. The first-order chi connectivity index (χ1) is 8.62. The Morgan fingerprint density at radius 2 is 2.06 bits per heavy atom. The lowest BCUT2D eigenvalue weighted by Gasteiger charge is -2.23. The molecule has 1 heterocycles. The molecule has 2 N–H and O–H groups in total. The number of amides is 1. The van der Waals surface area contributed by atoms with Gasteiger partial charge in [0.1, 0.15) is 0 Å². The summed E-state index contributed by atoms with van der Waals surface area (Å²) in [5.74, 6) is -1.34. The van der Waals surface area contributed by atoms with E-state index in [1.54, 1.807) is 0 Å². The highest BCUT2D eigenvalue weighted by molar-refractivity contribution is 5.88. The van der Waals surface area contributed by atoms with E-state index in [2.05, 4.69) is 5.32 Å². The molecule has 2 rings (SSSR count). The highest BCUT2D eigenvalue weighted by Gasteiger charge is 2.43. The summed E-state index contributed by atoms with van der Waals surface area (Å²) in [6.45, 7) is 0.390. The monoisotopic (exact) mass is 249 g/mol. The van der Waals surface area contributed by atoms with E-state index in [9.17, 15) is 14.7 Å². The fraction of sp³-hybridized carbons (Fsp3) is 0.385. The van der Waals surface area contributed by atoms with Crippen LogP contribution in [0.25, 0.3) is 0 Å². The molecule has 1 saturated heterocycles. The van der Waals surface area contributed by atoms with Gasteiger partial charge in [0, 0.05) is 13.0 Å². The van der Waals surface area contributed by atoms with Gasteiger partial charge in [-0.05, 0) is 5.56 Å². The lowest BCUT2D eigenvalue weighted by atomic mass is 9.98. The van der Waals surface area contributed by atoms with Gasteiger partial charge in [0.25, 0.3) is 0 Å². The van der Waals surface area contributed by atoms with Crippen molar-refractivity contribution in [3.63, 3.8) is 0 Å². The normalized spacial score (nSPS) is 22.7. The molecule has 5 heteroatoms. The van der Waals surface area contributed by atoms with Crippen molar-refractivity contribution in [1.82, 2.24) is 5.32 Å². The predicted octanol–water partition coefficient (Wildman–Crippen LogP) is 0.589. The van der Waals surface area contributed by atoms with Crippen LogP contribution in [0.5, 0.6) is 0 Å².